The minimum Gasteiger partial charge on any atom is -0.444 e. The van der Waals surface area contributed by atoms with Crippen molar-refractivity contribution in [2.24, 2.45) is 0 Å². The van der Waals surface area contributed by atoms with Gasteiger partial charge in [0.15, 0.2) is 0 Å². The highest BCUT2D eigenvalue weighted by Gasteiger charge is 2.27. The van der Waals surface area contributed by atoms with Crippen molar-refractivity contribution in [2.45, 2.75) is 45.3 Å². The Bertz CT molecular complexity index is 620. The molecule has 6 nitrogen and oxygen atoms in total. The number of halogens is 2. The fraction of sp³-hybridized carbons (Fsp3) is 0.529. The SMILES string of the molecule is CC(C)(C)OC(=O)N1CCC(NC(=O)Nc2c(F)cccc2Cl)CC1. The first kappa shape index (κ1) is 19.3. The Morgan fingerprint density at radius 1 is 1.28 bits per heavy atom. The van der Waals surface area contributed by atoms with Gasteiger partial charge in [-0.1, -0.05) is 17.7 Å². The molecule has 8 heteroatoms. The van der Waals surface area contributed by atoms with Gasteiger partial charge < -0.3 is 20.3 Å². The first-order valence-electron chi connectivity index (χ1n) is 8.15. The van der Waals surface area contributed by atoms with Crippen molar-refractivity contribution in [2.75, 3.05) is 18.4 Å². The highest BCUT2D eigenvalue weighted by Crippen LogP contribution is 2.24. The van der Waals surface area contributed by atoms with Crippen LogP contribution < -0.4 is 10.6 Å². The van der Waals surface area contributed by atoms with E-state index in [9.17, 15) is 14.0 Å². The topological polar surface area (TPSA) is 70.7 Å². The number of nitrogens with zero attached hydrogens (tertiary/aromatic N) is 1. The van der Waals surface area contributed by atoms with E-state index >= 15 is 0 Å². The normalized spacial score (nSPS) is 15.6. The summed E-state index contributed by atoms with van der Waals surface area (Å²) in [4.78, 5) is 25.7. The van der Waals surface area contributed by atoms with Gasteiger partial charge in [-0.15, -0.1) is 0 Å². The van der Waals surface area contributed by atoms with Gasteiger partial charge in [-0.05, 0) is 45.7 Å². The zero-order chi connectivity index (χ0) is 18.6. The van der Waals surface area contributed by atoms with Crippen LogP contribution in [0.25, 0.3) is 0 Å². The van der Waals surface area contributed by atoms with Gasteiger partial charge in [0.25, 0.3) is 0 Å². The summed E-state index contributed by atoms with van der Waals surface area (Å²) >= 11 is 5.88. The molecule has 2 rings (SSSR count). The molecule has 138 valence electrons. The van der Waals surface area contributed by atoms with E-state index in [2.05, 4.69) is 10.6 Å². The quantitative estimate of drug-likeness (QED) is 0.825. The van der Waals surface area contributed by atoms with Crippen molar-refractivity contribution >= 4 is 29.4 Å². The van der Waals surface area contributed by atoms with E-state index in [4.69, 9.17) is 16.3 Å². The molecule has 0 radical (unpaired) electrons. The smallest absolute Gasteiger partial charge is 0.410 e. The third-order valence-electron chi connectivity index (χ3n) is 3.68. The van der Waals surface area contributed by atoms with Gasteiger partial charge in [-0.25, -0.2) is 14.0 Å². The number of benzene rings is 1. The maximum Gasteiger partial charge on any atom is 0.410 e. The van der Waals surface area contributed by atoms with Gasteiger partial charge in [0.1, 0.15) is 11.4 Å². The van der Waals surface area contributed by atoms with Gasteiger partial charge >= 0.3 is 12.1 Å². The van der Waals surface area contributed by atoms with E-state index < -0.39 is 17.4 Å². The summed E-state index contributed by atoms with van der Waals surface area (Å²) in [6.07, 6.45) is 0.837. The molecule has 0 aliphatic carbocycles. The molecule has 0 atom stereocenters. The molecule has 25 heavy (non-hydrogen) atoms. The molecule has 2 N–H and O–H groups in total. The number of amides is 3. The van der Waals surface area contributed by atoms with Crippen molar-refractivity contribution in [1.29, 1.82) is 0 Å². The average molecular weight is 372 g/mol. The number of hydrogen-bond donors (Lipinski definition) is 2. The monoisotopic (exact) mass is 371 g/mol. The van der Waals surface area contributed by atoms with Crippen molar-refractivity contribution in [3.05, 3.63) is 29.0 Å². The molecule has 3 amide bonds. The minimum absolute atomic E-state index is 0.0483. The van der Waals surface area contributed by atoms with Gasteiger partial charge in [-0.2, -0.15) is 0 Å². The first-order chi connectivity index (χ1) is 11.7. The molecule has 0 spiro atoms. The highest BCUT2D eigenvalue weighted by atomic mass is 35.5. The average Bonchev–Trinajstić information content (AvgIpc) is 2.50. The second kappa shape index (κ2) is 7.91. The summed E-state index contributed by atoms with van der Waals surface area (Å²) < 4.78 is 19.0. The van der Waals surface area contributed by atoms with Crippen molar-refractivity contribution < 1.29 is 18.7 Å². The lowest BCUT2D eigenvalue weighted by atomic mass is 10.1. The summed E-state index contributed by atoms with van der Waals surface area (Å²) in [6, 6.07) is 3.56. The third kappa shape index (κ3) is 5.77. The molecule has 0 saturated carbocycles. The van der Waals surface area contributed by atoms with Crippen LogP contribution in [0, 0.1) is 5.82 Å². The summed E-state index contributed by atoms with van der Waals surface area (Å²) in [7, 11) is 0. The Kier molecular flexibility index (Phi) is 6.11. The Morgan fingerprint density at radius 3 is 2.48 bits per heavy atom. The standard InChI is InChI=1S/C17H23ClFN3O3/c1-17(2,3)25-16(24)22-9-7-11(8-10-22)20-15(23)21-14-12(18)5-4-6-13(14)19/h4-6,11H,7-10H2,1-3H3,(H2,20,21,23). The lowest BCUT2D eigenvalue weighted by molar-refractivity contribution is 0.0202. The van der Waals surface area contributed by atoms with Crippen molar-refractivity contribution in [1.82, 2.24) is 10.2 Å². The lowest BCUT2D eigenvalue weighted by Crippen LogP contribution is -2.48. The van der Waals surface area contributed by atoms with Crippen LogP contribution in [-0.4, -0.2) is 41.8 Å². The number of para-hydroxylation sites is 1. The maximum atomic E-state index is 13.7. The fourth-order valence-electron chi connectivity index (χ4n) is 2.49. The Labute approximate surface area is 151 Å². The molecule has 1 aromatic rings. The molecule has 0 bridgehead atoms. The molecule has 0 unspecified atom stereocenters. The lowest BCUT2D eigenvalue weighted by Gasteiger charge is -2.33. The number of carbonyl (C=O) groups excluding carboxylic acids is 2. The Balaban J connectivity index is 1.82. The van der Waals surface area contributed by atoms with Crippen LogP contribution in [0.1, 0.15) is 33.6 Å². The molecule has 1 aliphatic rings. The van der Waals surface area contributed by atoms with Crippen LogP contribution in [0.15, 0.2) is 18.2 Å². The van der Waals surface area contributed by atoms with E-state index in [1.165, 1.54) is 18.2 Å². The predicted octanol–water partition coefficient (Wildman–Crippen LogP) is 4.00. The minimum atomic E-state index is -0.595. The Hall–Kier alpha value is -2.02. The summed E-state index contributed by atoms with van der Waals surface area (Å²) in [5.41, 5.74) is -0.585. The summed E-state index contributed by atoms with van der Waals surface area (Å²) in [5.74, 6) is -0.595. The fourth-order valence-corrected chi connectivity index (χ4v) is 2.70. The predicted molar refractivity (Wildman–Crippen MR) is 94.4 cm³/mol. The molecule has 1 fully saturated rings. The van der Waals surface area contributed by atoms with Crippen molar-refractivity contribution in [3.8, 4) is 0 Å². The number of carbonyl (C=O) groups is 2. The van der Waals surface area contributed by atoms with Crippen molar-refractivity contribution in [3.63, 3.8) is 0 Å². The second-order valence-corrected chi connectivity index (χ2v) is 7.34. The van der Waals surface area contributed by atoms with Crippen LogP contribution in [0.2, 0.25) is 5.02 Å². The number of rotatable bonds is 2. The zero-order valence-electron chi connectivity index (χ0n) is 14.6. The van der Waals surface area contributed by atoms with E-state index in [1.807, 2.05) is 20.8 Å². The number of nitrogens with one attached hydrogen (secondary N) is 2. The Morgan fingerprint density at radius 2 is 1.92 bits per heavy atom. The van der Waals surface area contributed by atoms with E-state index in [-0.39, 0.29) is 22.8 Å². The van der Waals surface area contributed by atoms with E-state index in [0.717, 1.165) is 0 Å². The van der Waals surface area contributed by atoms with Crippen LogP contribution in [0.4, 0.5) is 19.7 Å². The van der Waals surface area contributed by atoms with Crippen LogP contribution in [0.5, 0.6) is 0 Å². The third-order valence-corrected chi connectivity index (χ3v) is 4.00. The zero-order valence-corrected chi connectivity index (χ0v) is 15.3. The first-order valence-corrected chi connectivity index (χ1v) is 8.53. The number of piperidine rings is 1. The molecule has 0 aromatic heterocycles. The largest absolute Gasteiger partial charge is 0.444 e. The van der Waals surface area contributed by atoms with E-state index in [1.54, 1.807) is 4.90 Å². The molecule has 1 saturated heterocycles. The van der Waals surface area contributed by atoms with Gasteiger partial charge in [-0.3, -0.25) is 0 Å². The molecular formula is C17H23ClFN3O3. The van der Waals surface area contributed by atoms with Crippen LogP contribution in [0.3, 0.4) is 0 Å². The van der Waals surface area contributed by atoms with Crippen LogP contribution >= 0.6 is 11.6 Å². The second-order valence-electron chi connectivity index (χ2n) is 6.94. The highest BCUT2D eigenvalue weighted by molar-refractivity contribution is 6.33. The summed E-state index contributed by atoms with van der Waals surface area (Å²) in [5, 5.41) is 5.34. The summed E-state index contributed by atoms with van der Waals surface area (Å²) in [6.45, 7) is 6.42. The van der Waals surface area contributed by atoms with E-state index in [0.29, 0.717) is 25.9 Å². The van der Waals surface area contributed by atoms with Gasteiger partial charge in [0.2, 0.25) is 0 Å². The number of urea groups is 1. The number of anilines is 1. The molecule has 1 aliphatic heterocycles. The number of ether oxygens (including phenoxy) is 1. The molecule has 1 aromatic carbocycles. The maximum absolute atomic E-state index is 13.7. The molecular weight excluding hydrogens is 349 g/mol. The van der Waals surface area contributed by atoms with Gasteiger partial charge in [0, 0.05) is 19.1 Å². The number of hydrogen-bond acceptors (Lipinski definition) is 3. The number of likely N-dealkylation sites (tertiary alicyclic amines) is 1. The van der Waals surface area contributed by atoms with Gasteiger partial charge in [0.05, 0.1) is 10.7 Å². The molecule has 1 heterocycles. The van der Waals surface area contributed by atoms with Crippen LogP contribution in [-0.2, 0) is 4.74 Å².